The summed E-state index contributed by atoms with van der Waals surface area (Å²) in [4.78, 5) is 29.9. The van der Waals surface area contributed by atoms with E-state index in [1.54, 1.807) is 0 Å². The van der Waals surface area contributed by atoms with Crippen molar-refractivity contribution in [3.8, 4) is 0 Å². The van der Waals surface area contributed by atoms with Gasteiger partial charge in [0.1, 0.15) is 26.4 Å². The number of phosphoric acid groups is 1. The number of unbranched alkanes of at least 4 members (excludes halogenated alkanes) is 20. The van der Waals surface area contributed by atoms with E-state index < -0.39 is 32.5 Å². The van der Waals surface area contributed by atoms with Crippen LogP contribution in [0.3, 0.4) is 0 Å². The molecule has 0 aliphatic carbocycles. The second-order valence-corrected chi connectivity index (χ2v) is 15.5. The molecule has 48 heavy (non-hydrogen) atoms. The van der Waals surface area contributed by atoms with Crippen LogP contribution in [0.25, 0.3) is 0 Å². The number of quaternary nitrogens is 1. The first kappa shape index (κ1) is 46.9. The SMILES string of the molecule is CCCCCCCCCCCCCCCCCC(=O)OCC(COOP(=O)(O[O-])OCC[N+](C)(C)C)OC(=O)CCCCCCCCC. The Kier molecular flexibility index (Phi) is 31.2. The highest BCUT2D eigenvalue weighted by Crippen LogP contribution is 2.47. The lowest BCUT2D eigenvalue weighted by atomic mass is 10.0. The molecule has 0 aromatic carbocycles. The summed E-state index contributed by atoms with van der Waals surface area (Å²) < 4.78 is 37.1. The fraction of sp³-hybridized carbons (Fsp3) is 0.944. The molecule has 286 valence electrons. The first-order valence-electron chi connectivity index (χ1n) is 19.1. The van der Waals surface area contributed by atoms with Gasteiger partial charge in [0.2, 0.25) is 0 Å². The molecule has 0 bridgehead atoms. The maximum Gasteiger partial charge on any atom is 0.493 e. The topological polar surface area (TPSA) is 130 Å². The number of likely N-dealkylation sites (N-methyl/N-ethyl adjacent to an activating group) is 1. The third-order valence-electron chi connectivity index (χ3n) is 8.20. The van der Waals surface area contributed by atoms with Crippen molar-refractivity contribution in [1.29, 1.82) is 0 Å². The quantitative estimate of drug-likeness (QED) is 0.0155. The second kappa shape index (κ2) is 31.9. The summed E-state index contributed by atoms with van der Waals surface area (Å²) in [6, 6.07) is 0. The minimum Gasteiger partial charge on any atom is -0.714 e. The molecule has 12 heteroatoms. The molecule has 2 unspecified atom stereocenters. The number of hydrogen-bond acceptors (Lipinski definition) is 10. The van der Waals surface area contributed by atoms with E-state index in [0.717, 1.165) is 38.5 Å². The van der Waals surface area contributed by atoms with E-state index >= 15 is 0 Å². The van der Waals surface area contributed by atoms with Gasteiger partial charge in [-0.3, -0.25) is 14.1 Å². The van der Waals surface area contributed by atoms with Crippen molar-refractivity contribution in [2.75, 3.05) is 47.5 Å². The Bertz CT molecular complexity index is 808. The van der Waals surface area contributed by atoms with E-state index in [9.17, 15) is 19.4 Å². The van der Waals surface area contributed by atoms with E-state index in [-0.39, 0.29) is 26.1 Å². The van der Waals surface area contributed by atoms with Crippen molar-refractivity contribution in [2.24, 2.45) is 0 Å². The lowest BCUT2D eigenvalue weighted by molar-refractivity contribution is -0.870. The fourth-order valence-electron chi connectivity index (χ4n) is 5.14. The summed E-state index contributed by atoms with van der Waals surface area (Å²) in [5.41, 5.74) is 0. The van der Waals surface area contributed by atoms with Gasteiger partial charge in [-0.05, 0) is 12.8 Å². The van der Waals surface area contributed by atoms with Gasteiger partial charge >= 0.3 is 19.8 Å². The van der Waals surface area contributed by atoms with Crippen molar-refractivity contribution >= 4 is 19.8 Å². The minimum atomic E-state index is -4.52. The van der Waals surface area contributed by atoms with E-state index in [1.807, 2.05) is 21.1 Å². The first-order valence-corrected chi connectivity index (χ1v) is 20.5. The third-order valence-corrected chi connectivity index (χ3v) is 9.17. The zero-order valence-electron chi connectivity index (χ0n) is 31.4. The van der Waals surface area contributed by atoms with Gasteiger partial charge in [0.05, 0.1) is 21.1 Å². The number of carbonyl (C=O) groups excluding carboxylic acids is 2. The largest absolute Gasteiger partial charge is 0.714 e. The van der Waals surface area contributed by atoms with Crippen LogP contribution in [0.15, 0.2) is 0 Å². The molecular weight excluding hydrogens is 637 g/mol. The summed E-state index contributed by atoms with van der Waals surface area (Å²) in [6.45, 7) is 4.11. The molecule has 0 saturated carbocycles. The number of hydrogen-bond donors (Lipinski definition) is 0. The normalized spacial score (nSPS) is 13.7. The summed E-state index contributed by atoms with van der Waals surface area (Å²) in [6.07, 6.45) is 25.5. The summed E-state index contributed by atoms with van der Waals surface area (Å²) in [7, 11) is 1.17. The van der Waals surface area contributed by atoms with E-state index in [1.165, 1.54) is 96.3 Å². The van der Waals surface area contributed by atoms with Crippen LogP contribution >= 0.6 is 7.82 Å². The standard InChI is InChI=1S/C36H72NO10P/c1-6-8-10-12-14-15-16-17-18-19-20-21-23-24-26-28-35(38)42-32-34(45-36(39)29-27-25-22-13-11-9-7-2)33-43-47-48(41,46-40)44-31-30-37(3,4)5/h34H,6-33H2,1-5H3. The maximum absolute atomic E-state index is 12.5. The maximum atomic E-state index is 12.5. The molecule has 0 aromatic heterocycles. The highest BCUT2D eigenvalue weighted by molar-refractivity contribution is 7.48. The summed E-state index contributed by atoms with van der Waals surface area (Å²) in [5, 5.41) is 11.0. The van der Waals surface area contributed by atoms with Crippen LogP contribution in [0, 0.1) is 0 Å². The van der Waals surface area contributed by atoms with Gasteiger partial charge in [0.15, 0.2) is 6.10 Å². The first-order chi connectivity index (χ1) is 23.0. The molecule has 0 aliphatic rings. The number of ether oxygens (including phenoxy) is 2. The van der Waals surface area contributed by atoms with Gasteiger partial charge < -0.3 is 23.9 Å². The lowest BCUT2D eigenvalue weighted by Crippen LogP contribution is -2.37. The Morgan fingerprint density at radius 2 is 1.04 bits per heavy atom. The van der Waals surface area contributed by atoms with Crippen molar-refractivity contribution in [3.63, 3.8) is 0 Å². The Morgan fingerprint density at radius 3 is 1.46 bits per heavy atom. The summed E-state index contributed by atoms with van der Waals surface area (Å²) in [5.74, 6) is -0.853. The second-order valence-electron chi connectivity index (χ2n) is 14.1. The van der Waals surface area contributed by atoms with Crippen LogP contribution in [0.2, 0.25) is 0 Å². The van der Waals surface area contributed by atoms with E-state index in [0.29, 0.717) is 17.4 Å². The highest BCUT2D eigenvalue weighted by Gasteiger charge is 2.27. The smallest absolute Gasteiger partial charge is 0.493 e. The number of nitrogens with zero attached hydrogens (tertiary/aromatic N) is 1. The number of rotatable bonds is 36. The molecule has 0 rings (SSSR count). The Labute approximate surface area is 293 Å². The van der Waals surface area contributed by atoms with Gasteiger partial charge in [-0.25, -0.2) is 9.45 Å². The van der Waals surface area contributed by atoms with Gasteiger partial charge in [-0.15, -0.1) is 4.67 Å². The van der Waals surface area contributed by atoms with Crippen molar-refractivity contribution in [2.45, 2.75) is 174 Å². The van der Waals surface area contributed by atoms with Crippen LogP contribution in [0.4, 0.5) is 0 Å². The van der Waals surface area contributed by atoms with Crippen LogP contribution in [0.5, 0.6) is 0 Å². The molecule has 0 spiro atoms. The van der Waals surface area contributed by atoms with E-state index in [2.05, 4.69) is 23.2 Å². The van der Waals surface area contributed by atoms with Crippen LogP contribution in [-0.2, 0) is 42.4 Å². The van der Waals surface area contributed by atoms with Crippen molar-refractivity contribution in [1.82, 2.24) is 0 Å². The van der Waals surface area contributed by atoms with E-state index in [4.69, 9.17) is 18.9 Å². The highest BCUT2D eigenvalue weighted by atomic mass is 31.2. The molecule has 2 atom stereocenters. The number of carbonyl (C=O) groups is 2. The average molecular weight is 710 g/mol. The Balaban J connectivity index is 4.41. The predicted molar refractivity (Wildman–Crippen MR) is 188 cm³/mol. The molecular formula is C36H72NO10P. The van der Waals surface area contributed by atoms with Crippen molar-refractivity contribution < 1.29 is 52.1 Å². The lowest BCUT2D eigenvalue weighted by Gasteiger charge is -2.25. The molecule has 0 aliphatic heterocycles. The molecule has 0 heterocycles. The summed E-state index contributed by atoms with van der Waals surface area (Å²) >= 11 is 0. The molecule has 0 radical (unpaired) electrons. The Morgan fingerprint density at radius 1 is 0.625 bits per heavy atom. The predicted octanol–water partition coefficient (Wildman–Crippen LogP) is 8.91. The van der Waals surface area contributed by atoms with Crippen LogP contribution < -0.4 is 5.26 Å². The molecule has 11 nitrogen and oxygen atoms in total. The molecule has 0 amide bonds. The molecule has 0 aromatic rings. The molecule has 0 fully saturated rings. The molecule has 0 saturated heterocycles. The van der Waals surface area contributed by atoms with Gasteiger partial charge in [0, 0.05) is 12.8 Å². The molecule has 0 N–H and O–H groups in total. The van der Waals surface area contributed by atoms with Crippen LogP contribution in [0.1, 0.15) is 168 Å². The monoisotopic (exact) mass is 709 g/mol. The van der Waals surface area contributed by atoms with Crippen molar-refractivity contribution in [3.05, 3.63) is 0 Å². The van der Waals surface area contributed by atoms with Gasteiger partial charge in [-0.1, -0.05) is 142 Å². The number of esters is 2. The van der Waals surface area contributed by atoms with Gasteiger partial charge in [-0.2, -0.15) is 0 Å². The third kappa shape index (κ3) is 32.2. The average Bonchev–Trinajstić information content (AvgIpc) is 3.04. The van der Waals surface area contributed by atoms with Gasteiger partial charge in [0.25, 0.3) is 0 Å². The van der Waals surface area contributed by atoms with Crippen LogP contribution in [-0.4, -0.2) is 70.0 Å². The zero-order chi connectivity index (χ0) is 35.8. The Hall–Kier alpha value is -1.07. The zero-order valence-corrected chi connectivity index (χ0v) is 32.2. The fourth-order valence-corrected chi connectivity index (χ4v) is 5.75. The minimum absolute atomic E-state index is 0.0693.